The molecule has 3 aromatic rings. The second kappa shape index (κ2) is 6.44. The molecule has 2 aromatic heterocycles. The highest BCUT2D eigenvalue weighted by Crippen LogP contribution is 2.43. The monoisotopic (exact) mass is 379 g/mol. The third-order valence-electron chi connectivity index (χ3n) is 6.06. The molecule has 7 heteroatoms. The van der Waals surface area contributed by atoms with Crippen molar-refractivity contribution in [2.45, 2.75) is 57.3 Å². The summed E-state index contributed by atoms with van der Waals surface area (Å²) in [5.74, 6) is 1.69. The van der Waals surface area contributed by atoms with E-state index in [1.54, 1.807) is 6.33 Å². The zero-order chi connectivity index (χ0) is 19.3. The zero-order valence-corrected chi connectivity index (χ0v) is 16.2. The van der Waals surface area contributed by atoms with E-state index in [1.807, 2.05) is 24.3 Å². The van der Waals surface area contributed by atoms with Gasteiger partial charge in [0.1, 0.15) is 29.2 Å². The summed E-state index contributed by atoms with van der Waals surface area (Å²) in [5, 5.41) is 18.5. The Hall–Kier alpha value is -2.67. The molecule has 146 valence electrons. The van der Waals surface area contributed by atoms with Crippen LogP contribution in [0.2, 0.25) is 0 Å². The molecule has 2 atom stereocenters. The van der Waals surface area contributed by atoms with Gasteiger partial charge in [0.05, 0.1) is 17.3 Å². The number of aromatic amines is 1. The Balaban J connectivity index is 1.50. The highest BCUT2D eigenvalue weighted by molar-refractivity contribution is 5.93. The summed E-state index contributed by atoms with van der Waals surface area (Å²) in [7, 11) is 0. The first-order chi connectivity index (χ1) is 13.6. The van der Waals surface area contributed by atoms with Crippen molar-refractivity contribution in [3.8, 4) is 17.1 Å². The molecule has 5 rings (SSSR count). The van der Waals surface area contributed by atoms with Crippen LogP contribution in [0.25, 0.3) is 22.3 Å². The third kappa shape index (κ3) is 2.99. The summed E-state index contributed by atoms with van der Waals surface area (Å²) in [6, 6.07) is 8.25. The number of rotatable bonds is 5. The van der Waals surface area contributed by atoms with Gasteiger partial charge in [-0.25, -0.2) is 9.97 Å². The van der Waals surface area contributed by atoms with Gasteiger partial charge < -0.3 is 14.7 Å². The average molecular weight is 379 g/mol. The molecule has 0 unspecified atom stereocenters. The number of aliphatic hydroxyl groups is 1. The van der Waals surface area contributed by atoms with Gasteiger partial charge in [-0.3, -0.25) is 5.10 Å². The number of aromatic nitrogens is 4. The molecule has 0 bridgehead atoms. The number of nitrogens with zero attached hydrogens (tertiary/aromatic N) is 4. The van der Waals surface area contributed by atoms with E-state index in [9.17, 15) is 5.11 Å². The number of nitrogens with one attached hydrogen (secondary N) is 1. The fourth-order valence-corrected chi connectivity index (χ4v) is 4.12. The molecule has 28 heavy (non-hydrogen) atoms. The number of fused-ring (bicyclic) bond motifs is 1. The van der Waals surface area contributed by atoms with Crippen LogP contribution in [0.15, 0.2) is 30.6 Å². The number of aliphatic hydroxyl groups excluding tert-OH is 1. The van der Waals surface area contributed by atoms with Crippen LogP contribution in [0.5, 0.6) is 5.75 Å². The maximum Gasteiger partial charge on any atom is 0.132 e. The van der Waals surface area contributed by atoms with E-state index in [2.05, 4.69) is 38.9 Å². The summed E-state index contributed by atoms with van der Waals surface area (Å²) in [4.78, 5) is 11.0. The van der Waals surface area contributed by atoms with E-state index in [0.29, 0.717) is 6.54 Å². The predicted octanol–water partition coefficient (Wildman–Crippen LogP) is 3.30. The first kappa shape index (κ1) is 17.4. The molecule has 0 spiro atoms. The van der Waals surface area contributed by atoms with Gasteiger partial charge in [-0.15, -0.1) is 0 Å². The summed E-state index contributed by atoms with van der Waals surface area (Å²) in [6.45, 7) is 4.87. The summed E-state index contributed by atoms with van der Waals surface area (Å²) < 4.78 is 6.25. The standard InChI is InChI=1S/C21H25N5O2/c1-3-21(6-7-21)28-15-4-5-17-16(9-15)20(25-24-17)18-10-19(23-12-22-18)26-11-14(27)8-13(26)2/h4-5,9-10,12-14,27H,3,6-8,11H2,1-2H3,(H,24,25)/t13-,14+/m0/s1. The quantitative estimate of drug-likeness (QED) is 0.707. The van der Waals surface area contributed by atoms with Gasteiger partial charge in [-0.05, 0) is 50.8 Å². The Bertz CT molecular complexity index is 1010. The molecular formula is C21H25N5O2. The lowest BCUT2D eigenvalue weighted by Crippen LogP contribution is -2.28. The molecule has 0 amide bonds. The summed E-state index contributed by atoms with van der Waals surface area (Å²) >= 11 is 0. The molecule has 1 aliphatic heterocycles. The number of hydrogen-bond donors (Lipinski definition) is 2. The Labute approximate surface area is 163 Å². The molecule has 2 N–H and O–H groups in total. The van der Waals surface area contributed by atoms with Gasteiger partial charge in [-0.1, -0.05) is 6.92 Å². The lowest BCUT2D eigenvalue weighted by atomic mass is 10.1. The molecule has 0 radical (unpaired) electrons. The molecule has 2 aliphatic rings. The van der Waals surface area contributed by atoms with E-state index in [1.165, 1.54) is 0 Å². The van der Waals surface area contributed by atoms with Crippen molar-refractivity contribution < 1.29 is 9.84 Å². The highest BCUT2D eigenvalue weighted by Gasteiger charge is 2.43. The van der Waals surface area contributed by atoms with Crippen LogP contribution in [-0.4, -0.2) is 49.6 Å². The lowest BCUT2D eigenvalue weighted by Gasteiger charge is -2.22. The lowest BCUT2D eigenvalue weighted by molar-refractivity contribution is 0.175. The fourth-order valence-electron chi connectivity index (χ4n) is 4.12. The van der Waals surface area contributed by atoms with Gasteiger partial charge in [0, 0.05) is 24.0 Å². The van der Waals surface area contributed by atoms with Gasteiger partial charge in [0.2, 0.25) is 0 Å². The molecule has 1 aromatic carbocycles. The molecule has 1 saturated carbocycles. The van der Waals surface area contributed by atoms with Crippen LogP contribution in [0.4, 0.5) is 5.82 Å². The number of benzene rings is 1. The van der Waals surface area contributed by atoms with Crippen LogP contribution < -0.4 is 9.64 Å². The van der Waals surface area contributed by atoms with Crippen LogP contribution in [0.3, 0.4) is 0 Å². The molecule has 1 aliphatic carbocycles. The van der Waals surface area contributed by atoms with E-state index >= 15 is 0 Å². The summed E-state index contributed by atoms with van der Waals surface area (Å²) in [5.41, 5.74) is 2.53. The van der Waals surface area contributed by atoms with E-state index in [0.717, 1.165) is 59.5 Å². The van der Waals surface area contributed by atoms with Gasteiger partial charge in [0.15, 0.2) is 0 Å². The van der Waals surface area contributed by atoms with Crippen molar-refractivity contribution in [3.05, 3.63) is 30.6 Å². The first-order valence-electron chi connectivity index (χ1n) is 10.0. The molecule has 3 heterocycles. The van der Waals surface area contributed by atoms with E-state index in [-0.39, 0.29) is 17.7 Å². The van der Waals surface area contributed by atoms with Gasteiger partial charge >= 0.3 is 0 Å². The fraction of sp³-hybridized carbons (Fsp3) is 0.476. The number of hydrogen-bond acceptors (Lipinski definition) is 6. The Kier molecular flexibility index (Phi) is 4.01. The number of anilines is 1. The van der Waals surface area contributed by atoms with Crippen LogP contribution in [-0.2, 0) is 0 Å². The first-order valence-corrected chi connectivity index (χ1v) is 10.0. The van der Waals surface area contributed by atoms with Crippen molar-refractivity contribution in [1.82, 2.24) is 20.2 Å². The molecule has 1 saturated heterocycles. The number of ether oxygens (including phenoxy) is 1. The van der Waals surface area contributed by atoms with Crippen LogP contribution in [0, 0.1) is 0 Å². The number of H-pyrrole nitrogens is 1. The minimum absolute atomic E-state index is 0.0202. The Morgan fingerprint density at radius 1 is 1.29 bits per heavy atom. The second-order valence-electron chi connectivity index (χ2n) is 8.07. The summed E-state index contributed by atoms with van der Waals surface area (Å²) in [6.07, 6.45) is 5.28. The molecule has 2 fully saturated rings. The topological polar surface area (TPSA) is 87.2 Å². The Morgan fingerprint density at radius 3 is 2.86 bits per heavy atom. The zero-order valence-electron chi connectivity index (χ0n) is 16.2. The predicted molar refractivity (Wildman–Crippen MR) is 107 cm³/mol. The van der Waals surface area contributed by atoms with Crippen molar-refractivity contribution in [2.75, 3.05) is 11.4 Å². The largest absolute Gasteiger partial charge is 0.487 e. The Morgan fingerprint density at radius 2 is 2.14 bits per heavy atom. The normalized spacial score (nSPS) is 23.3. The SMILES string of the molecule is CCC1(Oc2ccc3[nH]nc(-c4cc(N5C[C@H](O)C[C@@H]5C)ncn4)c3c2)CC1. The maximum atomic E-state index is 9.96. The van der Waals surface area contributed by atoms with Gasteiger partial charge in [-0.2, -0.15) is 5.10 Å². The van der Waals surface area contributed by atoms with E-state index in [4.69, 9.17) is 4.74 Å². The van der Waals surface area contributed by atoms with Crippen molar-refractivity contribution in [1.29, 1.82) is 0 Å². The minimum Gasteiger partial charge on any atom is -0.487 e. The van der Waals surface area contributed by atoms with Crippen LogP contribution >= 0.6 is 0 Å². The van der Waals surface area contributed by atoms with Crippen LogP contribution in [0.1, 0.15) is 39.5 Å². The molecule has 7 nitrogen and oxygen atoms in total. The van der Waals surface area contributed by atoms with Crippen molar-refractivity contribution in [3.63, 3.8) is 0 Å². The molecular weight excluding hydrogens is 354 g/mol. The van der Waals surface area contributed by atoms with Crippen molar-refractivity contribution in [2.24, 2.45) is 0 Å². The average Bonchev–Trinajstić information content (AvgIpc) is 3.21. The van der Waals surface area contributed by atoms with E-state index < -0.39 is 0 Å². The third-order valence-corrected chi connectivity index (χ3v) is 6.06. The second-order valence-corrected chi connectivity index (χ2v) is 8.07. The van der Waals surface area contributed by atoms with Gasteiger partial charge in [0.25, 0.3) is 0 Å². The highest BCUT2D eigenvalue weighted by atomic mass is 16.5. The number of β-amino-alcohol motifs (C(OH)–C–C–N with tert-alkyl or cyclic N) is 1. The minimum atomic E-state index is -0.312. The smallest absolute Gasteiger partial charge is 0.132 e. The van der Waals surface area contributed by atoms with Crippen molar-refractivity contribution >= 4 is 16.7 Å². The maximum absolute atomic E-state index is 9.96.